The number of anilines is 2. The predicted molar refractivity (Wildman–Crippen MR) is 116 cm³/mol. The van der Waals surface area contributed by atoms with Crippen LogP contribution in [-0.2, 0) is 9.84 Å². The molecule has 0 saturated heterocycles. The minimum absolute atomic E-state index is 0.00667. The second-order valence-electron chi connectivity index (χ2n) is 6.94. The van der Waals surface area contributed by atoms with E-state index in [0.717, 1.165) is 16.9 Å². The number of nitrogens with zero attached hydrogens (tertiary/aromatic N) is 2. The summed E-state index contributed by atoms with van der Waals surface area (Å²) in [4.78, 5) is 20.3. The van der Waals surface area contributed by atoms with Crippen molar-refractivity contribution in [3.8, 4) is 5.75 Å². The highest BCUT2D eigenvalue weighted by molar-refractivity contribution is 7.93. The van der Waals surface area contributed by atoms with E-state index < -0.39 is 15.9 Å². The van der Waals surface area contributed by atoms with Crippen molar-refractivity contribution >= 4 is 38.0 Å². The molecule has 0 aliphatic carbocycles. The van der Waals surface area contributed by atoms with Gasteiger partial charge in [0, 0.05) is 6.20 Å². The van der Waals surface area contributed by atoms with Crippen molar-refractivity contribution < 1.29 is 17.9 Å². The average Bonchev–Trinajstić information content (AvgIpc) is 3.18. The van der Waals surface area contributed by atoms with Gasteiger partial charge < -0.3 is 10.1 Å². The van der Waals surface area contributed by atoms with Crippen LogP contribution in [0.25, 0.3) is 0 Å². The van der Waals surface area contributed by atoms with Crippen LogP contribution in [0.2, 0.25) is 0 Å². The third kappa shape index (κ3) is 5.33. The predicted octanol–water partition coefficient (Wildman–Crippen LogP) is 4.36. The van der Waals surface area contributed by atoms with E-state index in [1.165, 1.54) is 18.5 Å². The lowest BCUT2D eigenvalue weighted by Crippen LogP contribution is -2.20. The van der Waals surface area contributed by atoms with E-state index in [4.69, 9.17) is 4.74 Å². The van der Waals surface area contributed by atoms with Crippen LogP contribution in [0, 0.1) is 12.8 Å². The number of thiazole rings is 1. The quantitative estimate of drug-likeness (QED) is 0.558. The normalized spacial score (nSPS) is 11.3. The Bertz CT molecular complexity index is 1130. The molecule has 0 radical (unpaired) electrons. The van der Waals surface area contributed by atoms with Crippen LogP contribution in [-0.4, -0.2) is 31.0 Å². The average molecular weight is 447 g/mol. The summed E-state index contributed by atoms with van der Waals surface area (Å²) in [7, 11) is -3.79. The fourth-order valence-corrected chi connectivity index (χ4v) is 4.74. The Kier molecular flexibility index (Phi) is 6.68. The highest BCUT2D eigenvalue weighted by Gasteiger charge is 2.22. The molecular formula is C20H22N4O4S2. The van der Waals surface area contributed by atoms with Gasteiger partial charge in [-0.25, -0.2) is 23.2 Å². The first kappa shape index (κ1) is 21.7. The number of hydrogen-bond acceptors (Lipinski definition) is 7. The topological polar surface area (TPSA) is 110 Å². The van der Waals surface area contributed by atoms with Gasteiger partial charge in [-0.05, 0) is 42.7 Å². The largest absolute Gasteiger partial charge is 0.491 e. The van der Waals surface area contributed by atoms with Crippen LogP contribution >= 0.6 is 11.3 Å². The minimum atomic E-state index is -3.79. The van der Waals surface area contributed by atoms with Gasteiger partial charge in [-0.2, -0.15) is 0 Å². The molecule has 0 unspecified atom stereocenters. The van der Waals surface area contributed by atoms with Crippen molar-refractivity contribution in [2.45, 2.75) is 30.0 Å². The van der Waals surface area contributed by atoms with Crippen molar-refractivity contribution in [2.24, 2.45) is 5.92 Å². The summed E-state index contributed by atoms with van der Waals surface area (Å²) in [5, 5.41) is 5.36. The minimum Gasteiger partial charge on any atom is -0.491 e. The summed E-state index contributed by atoms with van der Waals surface area (Å²) in [5.41, 5.74) is 1.51. The van der Waals surface area contributed by atoms with Crippen LogP contribution in [0.15, 0.2) is 58.0 Å². The number of nitrogens with one attached hydrogen (secondary N) is 2. The van der Waals surface area contributed by atoms with Crippen LogP contribution in [0.1, 0.15) is 19.4 Å². The van der Waals surface area contributed by atoms with Gasteiger partial charge in [0.05, 0.1) is 18.5 Å². The van der Waals surface area contributed by atoms with E-state index in [9.17, 15) is 13.2 Å². The van der Waals surface area contributed by atoms with Crippen LogP contribution < -0.4 is 15.4 Å². The molecule has 1 aromatic carbocycles. The zero-order valence-corrected chi connectivity index (χ0v) is 18.4. The number of hydrogen-bond donors (Lipinski definition) is 2. The van der Waals surface area contributed by atoms with Gasteiger partial charge in [0.1, 0.15) is 9.96 Å². The molecule has 8 nitrogen and oxygen atoms in total. The fraction of sp³-hybridized carbons (Fsp3) is 0.250. The van der Waals surface area contributed by atoms with Gasteiger partial charge in [0.15, 0.2) is 10.2 Å². The molecule has 158 valence electrons. The molecule has 2 N–H and O–H groups in total. The molecule has 0 saturated carbocycles. The number of rotatable bonds is 7. The number of aryl methyl sites for hydroxylation is 1. The third-order valence-corrected chi connectivity index (χ3v) is 6.88. The lowest BCUT2D eigenvalue weighted by molar-refractivity contribution is 0.260. The molecule has 0 aliphatic rings. The van der Waals surface area contributed by atoms with Crippen molar-refractivity contribution in [2.75, 3.05) is 17.2 Å². The van der Waals surface area contributed by atoms with Gasteiger partial charge in [-0.15, -0.1) is 0 Å². The van der Waals surface area contributed by atoms with Crippen LogP contribution in [0.5, 0.6) is 5.75 Å². The number of urea groups is 1. The molecule has 3 aromatic rings. The van der Waals surface area contributed by atoms with Gasteiger partial charge in [0.25, 0.3) is 0 Å². The SMILES string of the molecule is Cc1ccc(NC(=O)Nc2ncc(S(=O)(=O)c3ccccn3)s2)c(OCC(C)C)c1. The number of ether oxygens (including phenoxy) is 1. The Hall–Kier alpha value is -2.98. The summed E-state index contributed by atoms with van der Waals surface area (Å²) in [6.07, 6.45) is 2.61. The highest BCUT2D eigenvalue weighted by Crippen LogP contribution is 2.29. The zero-order valence-electron chi connectivity index (χ0n) is 16.7. The zero-order chi connectivity index (χ0) is 21.7. The molecule has 2 heterocycles. The van der Waals surface area contributed by atoms with Crippen molar-refractivity contribution in [1.29, 1.82) is 0 Å². The van der Waals surface area contributed by atoms with Crippen molar-refractivity contribution in [3.63, 3.8) is 0 Å². The molecule has 30 heavy (non-hydrogen) atoms. The number of benzene rings is 1. The van der Waals surface area contributed by atoms with Crippen LogP contribution in [0.3, 0.4) is 0 Å². The second-order valence-corrected chi connectivity index (χ2v) is 10.1. The van der Waals surface area contributed by atoms with Crippen molar-refractivity contribution in [1.82, 2.24) is 9.97 Å². The maximum atomic E-state index is 12.6. The lowest BCUT2D eigenvalue weighted by atomic mass is 10.2. The van der Waals surface area contributed by atoms with Crippen molar-refractivity contribution in [3.05, 3.63) is 54.4 Å². The Labute approximate surface area is 179 Å². The fourth-order valence-electron chi connectivity index (χ4n) is 2.41. The second kappa shape index (κ2) is 9.23. The maximum absolute atomic E-state index is 12.6. The first-order valence-corrected chi connectivity index (χ1v) is 11.5. The number of carbonyl (C=O) groups excluding carboxylic acids is 1. The number of aromatic nitrogens is 2. The molecule has 10 heteroatoms. The standard InChI is InChI=1S/C20H22N4O4S2/c1-13(2)12-28-16-10-14(3)7-8-15(16)23-19(25)24-20-22-11-18(29-20)30(26,27)17-6-4-5-9-21-17/h4-11,13H,12H2,1-3H3,(H2,22,23,24,25). The molecule has 3 rings (SSSR count). The first-order chi connectivity index (χ1) is 14.3. The molecule has 0 atom stereocenters. The molecule has 2 aromatic heterocycles. The molecule has 0 fully saturated rings. The molecule has 0 aliphatic heterocycles. The Balaban J connectivity index is 1.71. The summed E-state index contributed by atoms with van der Waals surface area (Å²) in [6.45, 7) is 6.52. The Morgan fingerprint density at radius 2 is 1.97 bits per heavy atom. The molecule has 2 amide bonds. The number of pyridine rings is 1. The molecular weight excluding hydrogens is 424 g/mol. The highest BCUT2D eigenvalue weighted by atomic mass is 32.2. The summed E-state index contributed by atoms with van der Waals surface area (Å²) < 4.78 is 31.0. The van der Waals surface area contributed by atoms with E-state index in [0.29, 0.717) is 24.0 Å². The van der Waals surface area contributed by atoms with Gasteiger partial charge in [-0.3, -0.25) is 5.32 Å². The first-order valence-electron chi connectivity index (χ1n) is 9.19. The summed E-state index contributed by atoms with van der Waals surface area (Å²) in [6, 6.07) is 9.54. The van der Waals surface area contributed by atoms with Crippen LogP contribution in [0.4, 0.5) is 15.6 Å². The Morgan fingerprint density at radius 1 is 1.17 bits per heavy atom. The third-order valence-electron chi connectivity index (χ3n) is 3.84. The molecule has 0 bridgehead atoms. The van der Waals surface area contributed by atoms with E-state index in [2.05, 4.69) is 20.6 Å². The van der Waals surface area contributed by atoms with E-state index in [1.807, 2.05) is 32.9 Å². The smallest absolute Gasteiger partial charge is 0.325 e. The number of sulfone groups is 1. The number of amides is 2. The molecule has 0 spiro atoms. The summed E-state index contributed by atoms with van der Waals surface area (Å²) in [5.74, 6) is 0.901. The summed E-state index contributed by atoms with van der Waals surface area (Å²) >= 11 is 0.852. The van der Waals surface area contributed by atoms with E-state index >= 15 is 0 Å². The maximum Gasteiger partial charge on any atom is 0.325 e. The van der Waals surface area contributed by atoms with E-state index in [1.54, 1.807) is 18.2 Å². The monoisotopic (exact) mass is 446 g/mol. The lowest BCUT2D eigenvalue weighted by Gasteiger charge is -2.14. The number of carbonyl (C=O) groups is 1. The van der Waals surface area contributed by atoms with Gasteiger partial charge in [0.2, 0.25) is 9.84 Å². The van der Waals surface area contributed by atoms with E-state index in [-0.39, 0.29) is 14.4 Å². The van der Waals surface area contributed by atoms with Gasteiger partial charge in [-0.1, -0.05) is 37.3 Å². The van der Waals surface area contributed by atoms with Gasteiger partial charge >= 0.3 is 6.03 Å². The Morgan fingerprint density at radius 3 is 2.67 bits per heavy atom.